The first-order valence-electron chi connectivity index (χ1n) is 2.93. The van der Waals surface area contributed by atoms with Crippen molar-refractivity contribution in [3.8, 4) is 0 Å². The van der Waals surface area contributed by atoms with Crippen molar-refractivity contribution >= 4 is 0 Å². The molecule has 1 aliphatic heterocycles. The molecule has 0 aromatic carbocycles. The van der Waals surface area contributed by atoms with E-state index in [1.807, 2.05) is 0 Å². The fraction of sp³-hybridized carbons (Fsp3) is 0.667. The Bertz CT molecular complexity index is 76.6. The van der Waals surface area contributed by atoms with Gasteiger partial charge in [-0.1, -0.05) is 0 Å². The average molecular weight is 224 g/mol. The second kappa shape index (κ2) is 3.45. The van der Waals surface area contributed by atoms with Crippen LogP contribution >= 0.6 is 0 Å². The second-order valence-electron chi connectivity index (χ2n) is 1.87. The van der Waals surface area contributed by atoms with Crippen molar-refractivity contribution in [2.75, 3.05) is 13.1 Å². The Morgan fingerprint density at radius 3 is 2.50 bits per heavy atom. The normalized spacial score (nSPS) is 22.0. The first-order valence-corrected chi connectivity index (χ1v) is 5.14. The van der Waals surface area contributed by atoms with E-state index in [1.165, 1.54) is 25.9 Å². The van der Waals surface area contributed by atoms with E-state index in [4.69, 9.17) is 0 Å². The summed E-state index contributed by atoms with van der Waals surface area (Å²) in [4.78, 5) is 0. The van der Waals surface area contributed by atoms with Crippen LogP contribution in [0.5, 0.6) is 0 Å². The van der Waals surface area contributed by atoms with Crippen LogP contribution in [0, 0.1) is 0 Å². The van der Waals surface area contributed by atoms with Gasteiger partial charge in [0.05, 0.1) is 0 Å². The van der Waals surface area contributed by atoms with Crippen molar-refractivity contribution in [2.24, 2.45) is 0 Å². The SMILES string of the molecule is C=C[I-]N1CCCC1. The Kier molecular flexibility index (Phi) is 2.83. The Hall–Kier alpha value is 0.430. The van der Waals surface area contributed by atoms with E-state index >= 15 is 0 Å². The number of halogens is 1. The van der Waals surface area contributed by atoms with Gasteiger partial charge in [-0.25, -0.2) is 0 Å². The summed E-state index contributed by atoms with van der Waals surface area (Å²) in [5, 5.41) is 0. The Balaban J connectivity index is 2.14. The van der Waals surface area contributed by atoms with E-state index in [9.17, 15) is 0 Å². The minimum absolute atomic E-state index is 0.222. The summed E-state index contributed by atoms with van der Waals surface area (Å²) >= 11 is 0.222. The summed E-state index contributed by atoms with van der Waals surface area (Å²) in [5.74, 6) is 0. The van der Waals surface area contributed by atoms with Gasteiger partial charge in [-0.05, 0) is 0 Å². The van der Waals surface area contributed by atoms with Crippen molar-refractivity contribution in [3.63, 3.8) is 0 Å². The molecule has 1 heterocycles. The number of hydrogen-bond acceptors (Lipinski definition) is 1. The maximum absolute atomic E-state index is 3.73. The molecule has 0 bridgehead atoms. The fourth-order valence-electron chi connectivity index (χ4n) is 0.874. The van der Waals surface area contributed by atoms with Crippen molar-refractivity contribution in [3.05, 3.63) is 10.7 Å². The molecule has 1 saturated heterocycles. The summed E-state index contributed by atoms with van der Waals surface area (Å²) in [5.41, 5.74) is 0. The third-order valence-electron chi connectivity index (χ3n) is 1.26. The third kappa shape index (κ3) is 1.74. The van der Waals surface area contributed by atoms with Crippen LogP contribution in [0.4, 0.5) is 0 Å². The van der Waals surface area contributed by atoms with Crippen LogP contribution in [0.15, 0.2) is 10.7 Å². The van der Waals surface area contributed by atoms with Gasteiger partial charge in [-0.3, -0.25) is 0 Å². The molecule has 0 unspecified atom stereocenters. The second-order valence-corrected chi connectivity index (χ2v) is 4.67. The maximum atomic E-state index is 3.73. The molecule has 0 atom stereocenters. The van der Waals surface area contributed by atoms with Gasteiger partial charge < -0.3 is 0 Å². The standard InChI is InChI=1S/C6H11IN/c1-2-7-8-5-3-4-6-8/h2H,1,3-6H2/q-1. The molecule has 2 heteroatoms. The molecule has 0 aromatic heterocycles. The zero-order valence-electron chi connectivity index (χ0n) is 4.94. The summed E-state index contributed by atoms with van der Waals surface area (Å²) in [6, 6.07) is 0. The molecule has 0 saturated carbocycles. The van der Waals surface area contributed by atoms with Gasteiger partial charge in [-0.2, -0.15) is 0 Å². The van der Waals surface area contributed by atoms with Crippen molar-refractivity contribution < 1.29 is 21.5 Å². The Morgan fingerprint density at radius 1 is 1.38 bits per heavy atom. The molecule has 0 aliphatic carbocycles. The molecule has 1 fully saturated rings. The molecule has 0 aromatic rings. The zero-order chi connectivity index (χ0) is 5.82. The van der Waals surface area contributed by atoms with Crippen LogP contribution in [-0.2, 0) is 0 Å². The molecule has 0 N–H and O–H groups in total. The van der Waals surface area contributed by atoms with Gasteiger partial charge >= 0.3 is 61.2 Å². The monoisotopic (exact) mass is 224 g/mol. The average Bonchev–Trinajstić information content (AvgIpc) is 2.19. The van der Waals surface area contributed by atoms with E-state index < -0.39 is 0 Å². The van der Waals surface area contributed by atoms with Gasteiger partial charge in [0.2, 0.25) is 0 Å². The van der Waals surface area contributed by atoms with Crippen LogP contribution in [-0.4, -0.2) is 16.2 Å². The number of hydrogen-bond donors (Lipinski definition) is 0. The van der Waals surface area contributed by atoms with Gasteiger partial charge in [-0.15, -0.1) is 0 Å². The molecular weight excluding hydrogens is 213 g/mol. The number of nitrogens with zero attached hydrogens (tertiary/aromatic N) is 1. The number of rotatable bonds is 2. The van der Waals surface area contributed by atoms with Gasteiger partial charge in [0, 0.05) is 0 Å². The molecule has 48 valence electrons. The molecule has 8 heavy (non-hydrogen) atoms. The van der Waals surface area contributed by atoms with Crippen LogP contribution in [0.1, 0.15) is 12.8 Å². The summed E-state index contributed by atoms with van der Waals surface area (Å²) in [6.07, 6.45) is 2.82. The molecule has 1 nitrogen and oxygen atoms in total. The van der Waals surface area contributed by atoms with E-state index in [2.05, 4.69) is 13.8 Å². The Labute approximate surface area is 61.4 Å². The van der Waals surface area contributed by atoms with E-state index in [-0.39, 0.29) is 21.5 Å². The molecule has 1 aliphatic rings. The van der Waals surface area contributed by atoms with Crippen LogP contribution in [0.2, 0.25) is 0 Å². The fourth-order valence-corrected chi connectivity index (χ4v) is 2.67. The molecule has 0 spiro atoms. The minimum atomic E-state index is 0.222. The van der Waals surface area contributed by atoms with Crippen molar-refractivity contribution in [1.82, 2.24) is 3.11 Å². The van der Waals surface area contributed by atoms with Crippen LogP contribution in [0.3, 0.4) is 0 Å². The molecule has 1 rings (SSSR count). The topological polar surface area (TPSA) is 3.24 Å². The van der Waals surface area contributed by atoms with Gasteiger partial charge in [0.1, 0.15) is 0 Å². The first-order chi connectivity index (χ1) is 3.93. The van der Waals surface area contributed by atoms with Crippen molar-refractivity contribution in [2.45, 2.75) is 12.8 Å². The van der Waals surface area contributed by atoms with Crippen LogP contribution in [0.25, 0.3) is 0 Å². The molecule has 0 radical (unpaired) electrons. The van der Waals surface area contributed by atoms with Crippen molar-refractivity contribution in [1.29, 1.82) is 0 Å². The summed E-state index contributed by atoms with van der Waals surface area (Å²) in [6.45, 7) is 6.40. The zero-order valence-corrected chi connectivity index (χ0v) is 7.10. The predicted octanol–water partition coefficient (Wildman–Crippen LogP) is -1.77. The van der Waals surface area contributed by atoms with Gasteiger partial charge in [0.25, 0.3) is 0 Å². The quantitative estimate of drug-likeness (QED) is 0.396. The summed E-state index contributed by atoms with van der Waals surface area (Å²) in [7, 11) is 0. The predicted molar refractivity (Wildman–Crippen MR) is 31.0 cm³/mol. The Morgan fingerprint density at radius 2 is 2.00 bits per heavy atom. The van der Waals surface area contributed by atoms with E-state index in [0.717, 1.165) is 0 Å². The van der Waals surface area contributed by atoms with E-state index in [1.54, 1.807) is 0 Å². The molecular formula is C6H11IN-. The van der Waals surface area contributed by atoms with E-state index in [0.29, 0.717) is 0 Å². The van der Waals surface area contributed by atoms with Gasteiger partial charge in [0.15, 0.2) is 0 Å². The van der Waals surface area contributed by atoms with Crippen LogP contribution < -0.4 is 21.5 Å². The summed E-state index contributed by atoms with van der Waals surface area (Å²) < 4.78 is 4.62. The third-order valence-corrected chi connectivity index (χ3v) is 3.41. The molecule has 0 amide bonds. The first kappa shape index (κ1) is 6.55.